The lowest BCUT2D eigenvalue weighted by atomic mass is 10.0. The molecule has 1 aliphatic heterocycles. The fraction of sp³-hybridized carbons (Fsp3) is 0.353. The molecule has 0 saturated carbocycles. The average molecular weight is 331 g/mol. The summed E-state index contributed by atoms with van der Waals surface area (Å²) in [6.07, 6.45) is 4.93. The number of hydrogen-bond donors (Lipinski definition) is 0. The molecule has 0 N–H and O–H groups in total. The lowest BCUT2D eigenvalue weighted by Crippen LogP contribution is -2.49. The van der Waals surface area contributed by atoms with E-state index >= 15 is 0 Å². The molecule has 1 aliphatic rings. The average Bonchev–Trinajstić information content (AvgIpc) is 2.56. The Hall–Kier alpha value is -1.60. The number of hydrogen-bond acceptors (Lipinski definition) is 4. The number of nitrogens with zero attached hydrogens (tertiary/aromatic N) is 3. The summed E-state index contributed by atoms with van der Waals surface area (Å²) in [7, 11) is -3.07. The molecule has 0 spiro atoms. The van der Waals surface area contributed by atoms with Crippen LogP contribution in [0.1, 0.15) is 5.56 Å². The maximum absolute atomic E-state index is 11.6. The first-order chi connectivity index (χ1) is 11.0. The van der Waals surface area contributed by atoms with Crippen molar-refractivity contribution in [2.75, 3.05) is 32.4 Å². The van der Waals surface area contributed by atoms with Crippen LogP contribution in [0.3, 0.4) is 0 Å². The summed E-state index contributed by atoms with van der Waals surface area (Å²) in [5, 5.41) is 0. The fourth-order valence-corrected chi connectivity index (χ4v) is 3.75. The SMILES string of the molecule is C[S+](=O)([O-])N1CCN(Cc2ccccc2-c2cccnc2)CC1. The Bertz CT molecular complexity index is 694. The van der Waals surface area contributed by atoms with E-state index in [0.29, 0.717) is 13.1 Å². The van der Waals surface area contributed by atoms with Crippen molar-refractivity contribution < 1.29 is 8.76 Å². The lowest BCUT2D eigenvalue weighted by Gasteiger charge is -2.35. The molecule has 2 aromatic rings. The third kappa shape index (κ3) is 4.03. The zero-order valence-electron chi connectivity index (χ0n) is 13.2. The monoisotopic (exact) mass is 331 g/mol. The normalized spacial score (nSPS) is 19.4. The van der Waals surface area contributed by atoms with Gasteiger partial charge in [0.1, 0.15) is 16.7 Å². The van der Waals surface area contributed by atoms with Crippen LogP contribution in [-0.2, 0) is 21.2 Å². The van der Waals surface area contributed by atoms with Crippen LogP contribution in [0.5, 0.6) is 0 Å². The van der Waals surface area contributed by atoms with E-state index in [4.69, 9.17) is 0 Å². The van der Waals surface area contributed by atoms with Gasteiger partial charge in [-0.2, -0.15) is 0 Å². The van der Waals surface area contributed by atoms with Gasteiger partial charge < -0.3 is 4.55 Å². The largest absolute Gasteiger partial charge is 0.598 e. The van der Waals surface area contributed by atoms with Gasteiger partial charge in [-0.3, -0.25) is 9.88 Å². The molecule has 1 fully saturated rings. The molecule has 2 heterocycles. The number of pyridine rings is 1. The van der Waals surface area contributed by atoms with E-state index in [0.717, 1.165) is 25.2 Å². The molecule has 3 rings (SSSR count). The van der Waals surface area contributed by atoms with Gasteiger partial charge in [-0.05, 0) is 17.2 Å². The second kappa shape index (κ2) is 6.88. The third-order valence-electron chi connectivity index (χ3n) is 4.18. The third-order valence-corrected chi connectivity index (χ3v) is 5.49. The molecule has 1 aromatic heterocycles. The number of benzene rings is 1. The van der Waals surface area contributed by atoms with Gasteiger partial charge in [0.05, 0.1) is 13.1 Å². The summed E-state index contributed by atoms with van der Waals surface area (Å²) < 4.78 is 24.7. The Kier molecular flexibility index (Phi) is 4.87. The van der Waals surface area contributed by atoms with Crippen molar-refractivity contribution in [3.05, 3.63) is 54.4 Å². The highest BCUT2D eigenvalue weighted by Gasteiger charge is 2.27. The van der Waals surface area contributed by atoms with E-state index in [1.807, 2.05) is 24.4 Å². The minimum atomic E-state index is -3.07. The molecule has 0 bridgehead atoms. The van der Waals surface area contributed by atoms with Gasteiger partial charge in [0.2, 0.25) is 0 Å². The topological polar surface area (TPSA) is 59.5 Å². The van der Waals surface area contributed by atoms with E-state index in [9.17, 15) is 8.76 Å². The molecule has 1 atom stereocenters. The number of aromatic nitrogens is 1. The Morgan fingerprint density at radius 2 is 1.87 bits per heavy atom. The minimum Gasteiger partial charge on any atom is -0.598 e. The van der Waals surface area contributed by atoms with Crippen molar-refractivity contribution in [3.8, 4) is 11.1 Å². The molecule has 23 heavy (non-hydrogen) atoms. The number of rotatable bonds is 4. The van der Waals surface area contributed by atoms with Crippen LogP contribution in [0.4, 0.5) is 0 Å². The Morgan fingerprint density at radius 1 is 1.13 bits per heavy atom. The number of piperazine rings is 1. The summed E-state index contributed by atoms with van der Waals surface area (Å²) in [6.45, 7) is 3.47. The van der Waals surface area contributed by atoms with E-state index < -0.39 is 10.4 Å². The van der Waals surface area contributed by atoms with Crippen molar-refractivity contribution in [1.82, 2.24) is 14.2 Å². The smallest absolute Gasteiger partial charge is 0.122 e. The first-order valence-corrected chi connectivity index (χ1v) is 9.54. The van der Waals surface area contributed by atoms with Crippen LogP contribution in [0.25, 0.3) is 11.1 Å². The highest BCUT2D eigenvalue weighted by molar-refractivity contribution is 7.94. The molecule has 122 valence electrons. The first-order valence-electron chi connectivity index (χ1n) is 7.70. The Morgan fingerprint density at radius 3 is 2.52 bits per heavy atom. The lowest BCUT2D eigenvalue weighted by molar-refractivity contribution is 0.175. The van der Waals surface area contributed by atoms with Gasteiger partial charge in [0.25, 0.3) is 0 Å². The van der Waals surface area contributed by atoms with Gasteiger partial charge >= 0.3 is 0 Å². The maximum Gasteiger partial charge on any atom is 0.122 e. The van der Waals surface area contributed by atoms with Gasteiger partial charge in [-0.1, -0.05) is 34.5 Å². The van der Waals surface area contributed by atoms with Crippen molar-refractivity contribution in [2.24, 2.45) is 0 Å². The summed E-state index contributed by atoms with van der Waals surface area (Å²) in [5.41, 5.74) is 3.54. The van der Waals surface area contributed by atoms with Crippen molar-refractivity contribution in [3.63, 3.8) is 0 Å². The summed E-state index contributed by atoms with van der Waals surface area (Å²) in [6, 6.07) is 12.3. The van der Waals surface area contributed by atoms with Gasteiger partial charge in [0.15, 0.2) is 0 Å². The highest BCUT2D eigenvalue weighted by atomic mass is 32.3. The second-order valence-electron chi connectivity index (χ2n) is 5.84. The standard InChI is InChI=1S/C17H21N3O2S/c1-23(21,22)20-11-9-19(10-12-20)14-16-5-2-3-7-17(16)15-6-4-8-18-13-15/h2-8,13H,9-12,14H2,1H3. The zero-order valence-corrected chi connectivity index (χ0v) is 14.0. The first kappa shape index (κ1) is 16.3. The molecule has 0 aliphatic carbocycles. The van der Waals surface area contributed by atoms with E-state index in [-0.39, 0.29) is 0 Å². The van der Waals surface area contributed by atoms with E-state index in [1.54, 1.807) is 10.5 Å². The van der Waals surface area contributed by atoms with Crippen molar-refractivity contribution in [1.29, 1.82) is 0 Å². The van der Waals surface area contributed by atoms with Crippen LogP contribution in [0, 0.1) is 0 Å². The van der Waals surface area contributed by atoms with E-state index in [2.05, 4.69) is 28.1 Å². The zero-order chi connectivity index (χ0) is 16.3. The molecule has 5 nitrogen and oxygen atoms in total. The Balaban J connectivity index is 1.72. The van der Waals surface area contributed by atoms with Crippen LogP contribution < -0.4 is 0 Å². The summed E-state index contributed by atoms with van der Waals surface area (Å²) in [4.78, 5) is 6.50. The number of sulfonamides is 1. The van der Waals surface area contributed by atoms with Gasteiger partial charge in [0, 0.05) is 37.6 Å². The van der Waals surface area contributed by atoms with Crippen LogP contribution in [0.2, 0.25) is 0 Å². The van der Waals surface area contributed by atoms with Crippen LogP contribution >= 0.6 is 0 Å². The second-order valence-corrected chi connectivity index (χ2v) is 7.82. The van der Waals surface area contributed by atoms with Crippen molar-refractivity contribution in [2.45, 2.75) is 6.54 Å². The van der Waals surface area contributed by atoms with Crippen LogP contribution in [-0.4, -0.2) is 51.2 Å². The molecule has 1 unspecified atom stereocenters. The molecule has 6 heteroatoms. The summed E-state index contributed by atoms with van der Waals surface area (Å²) in [5.74, 6) is 0. The molecule has 0 radical (unpaired) electrons. The molecular formula is C17H21N3O2S. The van der Waals surface area contributed by atoms with E-state index in [1.165, 1.54) is 17.4 Å². The molecule has 1 saturated heterocycles. The predicted molar refractivity (Wildman–Crippen MR) is 91.3 cm³/mol. The Labute approximate surface area is 138 Å². The van der Waals surface area contributed by atoms with Gasteiger partial charge in [-0.25, -0.2) is 0 Å². The molecule has 1 aromatic carbocycles. The predicted octanol–water partition coefficient (Wildman–Crippen LogP) is 2.04. The summed E-state index contributed by atoms with van der Waals surface area (Å²) >= 11 is 0. The van der Waals surface area contributed by atoms with Gasteiger partial charge in [-0.15, -0.1) is 4.31 Å². The minimum absolute atomic E-state index is 0.563. The molecule has 0 amide bonds. The van der Waals surface area contributed by atoms with Crippen LogP contribution in [0.15, 0.2) is 48.8 Å². The highest BCUT2D eigenvalue weighted by Crippen LogP contribution is 2.24. The fourth-order valence-electron chi connectivity index (χ4n) is 2.92. The van der Waals surface area contributed by atoms with Crippen molar-refractivity contribution >= 4 is 10.4 Å². The maximum atomic E-state index is 11.6. The molecular weight excluding hydrogens is 310 g/mol. The quantitative estimate of drug-likeness (QED) is 0.805.